The van der Waals surface area contributed by atoms with Crippen molar-refractivity contribution < 1.29 is 4.74 Å². The lowest BCUT2D eigenvalue weighted by atomic mass is 9.99. The molecule has 1 aliphatic carbocycles. The minimum atomic E-state index is 0.457. The first kappa shape index (κ1) is 16.4. The molecule has 0 heterocycles. The molecular weight excluding hydrogens is 258 g/mol. The van der Waals surface area contributed by atoms with Gasteiger partial charge in [-0.25, -0.2) is 0 Å². The standard InChI is InChI=1S/C19H31NO/c1-3-4-5-6-7-8-12-19(20-2)16-10-9-11-18(15-16)21-17-13-14-17/h9-11,15,17,19-20H,3-8,12-14H2,1-2H3. The van der Waals surface area contributed by atoms with E-state index in [4.69, 9.17) is 4.74 Å². The molecule has 1 fully saturated rings. The van der Waals surface area contributed by atoms with Crippen LogP contribution in [-0.4, -0.2) is 13.2 Å². The maximum atomic E-state index is 5.90. The monoisotopic (exact) mass is 289 g/mol. The van der Waals surface area contributed by atoms with Crippen molar-refractivity contribution in [1.82, 2.24) is 5.32 Å². The molecule has 1 atom stereocenters. The SMILES string of the molecule is CCCCCCCCC(NC)c1cccc(OC2CC2)c1. The molecule has 0 aromatic heterocycles. The molecule has 0 amide bonds. The molecule has 0 spiro atoms. The van der Waals surface area contributed by atoms with Crippen LogP contribution in [0.25, 0.3) is 0 Å². The van der Waals surface area contributed by atoms with Crippen molar-refractivity contribution in [2.45, 2.75) is 76.9 Å². The summed E-state index contributed by atoms with van der Waals surface area (Å²) in [7, 11) is 2.07. The third kappa shape index (κ3) is 6.09. The Hall–Kier alpha value is -1.02. The quantitative estimate of drug-likeness (QED) is 0.563. The molecule has 1 N–H and O–H groups in total. The number of hydrogen-bond donors (Lipinski definition) is 1. The molecule has 0 aliphatic heterocycles. The van der Waals surface area contributed by atoms with Gasteiger partial charge in [-0.2, -0.15) is 0 Å². The van der Waals surface area contributed by atoms with Gasteiger partial charge in [0.15, 0.2) is 0 Å². The summed E-state index contributed by atoms with van der Waals surface area (Å²) in [5.41, 5.74) is 1.37. The highest BCUT2D eigenvalue weighted by atomic mass is 16.5. The van der Waals surface area contributed by atoms with E-state index in [0.717, 1.165) is 5.75 Å². The van der Waals surface area contributed by atoms with E-state index in [1.165, 1.54) is 63.4 Å². The van der Waals surface area contributed by atoms with Gasteiger partial charge in [0, 0.05) is 6.04 Å². The highest BCUT2D eigenvalue weighted by Gasteiger charge is 2.23. The predicted octanol–water partition coefficient (Wildman–Crippen LogP) is 5.24. The zero-order chi connectivity index (χ0) is 14.9. The fourth-order valence-electron chi connectivity index (χ4n) is 2.79. The van der Waals surface area contributed by atoms with Crippen molar-refractivity contribution in [2.75, 3.05) is 7.05 Å². The minimum absolute atomic E-state index is 0.457. The number of benzene rings is 1. The molecular formula is C19H31NO. The van der Waals surface area contributed by atoms with E-state index in [1.54, 1.807) is 0 Å². The Morgan fingerprint density at radius 2 is 1.90 bits per heavy atom. The summed E-state index contributed by atoms with van der Waals surface area (Å²) in [5.74, 6) is 1.04. The molecule has 2 nitrogen and oxygen atoms in total. The summed E-state index contributed by atoms with van der Waals surface area (Å²) in [6.45, 7) is 2.27. The van der Waals surface area contributed by atoms with Gasteiger partial charge in [0.05, 0.1) is 6.10 Å². The van der Waals surface area contributed by atoms with Gasteiger partial charge in [0.25, 0.3) is 0 Å². The summed E-state index contributed by atoms with van der Waals surface area (Å²) in [4.78, 5) is 0. The van der Waals surface area contributed by atoms with Crippen LogP contribution in [0.2, 0.25) is 0 Å². The third-order valence-corrected chi connectivity index (χ3v) is 4.28. The smallest absolute Gasteiger partial charge is 0.120 e. The highest BCUT2D eigenvalue weighted by Crippen LogP contribution is 2.29. The average Bonchev–Trinajstić information content (AvgIpc) is 3.31. The summed E-state index contributed by atoms with van der Waals surface area (Å²) < 4.78 is 5.90. The molecule has 118 valence electrons. The van der Waals surface area contributed by atoms with Crippen LogP contribution in [0.5, 0.6) is 5.75 Å². The zero-order valence-electron chi connectivity index (χ0n) is 13.7. The van der Waals surface area contributed by atoms with E-state index in [2.05, 4.69) is 43.6 Å². The number of hydrogen-bond acceptors (Lipinski definition) is 2. The van der Waals surface area contributed by atoms with Gasteiger partial charge in [-0.05, 0) is 44.0 Å². The van der Waals surface area contributed by atoms with Gasteiger partial charge in [0.1, 0.15) is 5.75 Å². The average molecular weight is 289 g/mol. The summed E-state index contributed by atoms with van der Waals surface area (Å²) >= 11 is 0. The van der Waals surface area contributed by atoms with E-state index >= 15 is 0 Å². The fraction of sp³-hybridized carbons (Fsp3) is 0.684. The lowest BCUT2D eigenvalue weighted by Crippen LogP contribution is -2.16. The molecule has 2 heteroatoms. The molecule has 1 aliphatic rings. The van der Waals surface area contributed by atoms with Gasteiger partial charge < -0.3 is 10.1 Å². The molecule has 1 saturated carbocycles. The molecule has 0 bridgehead atoms. The van der Waals surface area contributed by atoms with Gasteiger partial charge in [0.2, 0.25) is 0 Å². The topological polar surface area (TPSA) is 21.3 Å². The Kier molecular flexibility index (Phi) is 7.08. The van der Waals surface area contributed by atoms with Crippen LogP contribution in [0.15, 0.2) is 24.3 Å². The van der Waals surface area contributed by atoms with Crippen molar-refractivity contribution in [3.63, 3.8) is 0 Å². The second-order valence-electron chi connectivity index (χ2n) is 6.29. The Balaban J connectivity index is 1.76. The van der Waals surface area contributed by atoms with Crippen LogP contribution < -0.4 is 10.1 Å². The predicted molar refractivity (Wildman–Crippen MR) is 89.9 cm³/mol. The Morgan fingerprint density at radius 1 is 1.14 bits per heavy atom. The van der Waals surface area contributed by atoms with Crippen molar-refractivity contribution in [3.8, 4) is 5.75 Å². The van der Waals surface area contributed by atoms with Crippen molar-refractivity contribution >= 4 is 0 Å². The van der Waals surface area contributed by atoms with Crippen LogP contribution in [-0.2, 0) is 0 Å². The lowest BCUT2D eigenvalue weighted by molar-refractivity contribution is 0.302. The fourth-order valence-corrected chi connectivity index (χ4v) is 2.79. The Labute approximate surface area is 130 Å². The van der Waals surface area contributed by atoms with Gasteiger partial charge >= 0.3 is 0 Å². The molecule has 1 aromatic rings. The second kappa shape index (κ2) is 9.09. The van der Waals surface area contributed by atoms with E-state index in [1.807, 2.05) is 0 Å². The Bertz CT molecular complexity index is 400. The number of rotatable bonds is 11. The van der Waals surface area contributed by atoms with Gasteiger partial charge in [-0.3, -0.25) is 0 Å². The largest absolute Gasteiger partial charge is 0.490 e. The molecule has 1 unspecified atom stereocenters. The normalized spacial score (nSPS) is 15.9. The number of nitrogens with one attached hydrogen (secondary N) is 1. The van der Waals surface area contributed by atoms with Crippen LogP contribution >= 0.6 is 0 Å². The first-order valence-corrected chi connectivity index (χ1v) is 8.77. The van der Waals surface area contributed by atoms with Crippen LogP contribution in [0.1, 0.15) is 76.3 Å². The Morgan fingerprint density at radius 3 is 2.62 bits per heavy atom. The first-order chi connectivity index (χ1) is 10.3. The van der Waals surface area contributed by atoms with E-state index in [0.29, 0.717) is 12.1 Å². The molecule has 21 heavy (non-hydrogen) atoms. The molecule has 0 saturated heterocycles. The van der Waals surface area contributed by atoms with Crippen molar-refractivity contribution in [1.29, 1.82) is 0 Å². The minimum Gasteiger partial charge on any atom is -0.490 e. The van der Waals surface area contributed by atoms with E-state index in [-0.39, 0.29) is 0 Å². The molecule has 1 aromatic carbocycles. The van der Waals surface area contributed by atoms with Crippen molar-refractivity contribution in [2.24, 2.45) is 0 Å². The molecule has 2 rings (SSSR count). The summed E-state index contributed by atoms with van der Waals surface area (Å²) in [5, 5.41) is 3.46. The zero-order valence-corrected chi connectivity index (χ0v) is 13.7. The van der Waals surface area contributed by atoms with E-state index < -0.39 is 0 Å². The third-order valence-electron chi connectivity index (χ3n) is 4.28. The number of unbranched alkanes of at least 4 members (excludes halogenated alkanes) is 5. The van der Waals surface area contributed by atoms with Crippen molar-refractivity contribution in [3.05, 3.63) is 29.8 Å². The van der Waals surface area contributed by atoms with Crippen LogP contribution in [0, 0.1) is 0 Å². The summed E-state index contributed by atoms with van der Waals surface area (Å²) in [6, 6.07) is 9.10. The first-order valence-electron chi connectivity index (χ1n) is 8.77. The van der Waals surface area contributed by atoms with Crippen LogP contribution in [0.4, 0.5) is 0 Å². The lowest BCUT2D eigenvalue weighted by Gasteiger charge is -2.17. The number of ether oxygens (including phenoxy) is 1. The maximum Gasteiger partial charge on any atom is 0.120 e. The van der Waals surface area contributed by atoms with Gasteiger partial charge in [-0.1, -0.05) is 57.6 Å². The second-order valence-corrected chi connectivity index (χ2v) is 6.29. The maximum absolute atomic E-state index is 5.90. The molecule has 0 radical (unpaired) electrons. The summed E-state index contributed by atoms with van der Waals surface area (Å²) in [6.07, 6.45) is 12.3. The van der Waals surface area contributed by atoms with E-state index in [9.17, 15) is 0 Å². The van der Waals surface area contributed by atoms with Crippen LogP contribution in [0.3, 0.4) is 0 Å². The highest BCUT2D eigenvalue weighted by molar-refractivity contribution is 5.31. The van der Waals surface area contributed by atoms with Gasteiger partial charge in [-0.15, -0.1) is 0 Å².